The number of amides is 1. The maximum atomic E-state index is 12.0. The quantitative estimate of drug-likeness (QED) is 0.900. The molecule has 0 aliphatic heterocycles. The Balaban J connectivity index is 2.31. The van der Waals surface area contributed by atoms with Gasteiger partial charge in [0, 0.05) is 7.05 Å². The lowest BCUT2D eigenvalue weighted by molar-refractivity contribution is 0.102. The van der Waals surface area contributed by atoms with E-state index in [-0.39, 0.29) is 5.91 Å². The van der Waals surface area contributed by atoms with E-state index >= 15 is 0 Å². The van der Waals surface area contributed by atoms with E-state index in [0.29, 0.717) is 22.0 Å². The Bertz CT molecular complexity index is 642. The summed E-state index contributed by atoms with van der Waals surface area (Å²) in [7, 11) is 1.64. The molecule has 0 saturated heterocycles. The Morgan fingerprint density at radius 3 is 2.89 bits per heavy atom. The fourth-order valence-electron chi connectivity index (χ4n) is 1.49. The van der Waals surface area contributed by atoms with Crippen LogP contribution in [0.2, 0.25) is 5.02 Å². The summed E-state index contributed by atoms with van der Waals surface area (Å²) in [6.45, 7) is 0. The van der Waals surface area contributed by atoms with Crippen molar-refractivity contribution in [1.29, 1.82) is 5.26 Å². The Hall–Kier alpha value is -2.32. The van der Waals surface area contributed by atoms with Crippen LogP contribution in [0.4, 0.5) is 5.82 Å². The number of nitrogens with one attached hydrogen (secondary N) is 1. The van der Waals surface area contributed by atoms with Gasteiger partial charge in [0.2, 0.25) is 0 Å². The molecule has 2 rings (SSSR count). The normalized spacial score (nSPS) is 9.83. The Kier molecular flexibility index (Phi) is 3.31. The molecule has 6 heteroatoms. The van der Waals surface area contributed by atoms with Crippen LogP contribution >= 0.6 is 11.6 Å². The van der Waals surface area contributed by atoms with Crippen LogP contribution in [-0.2, 0) is 7.05 Å². The lowest BCUT2D eigenvalue weighted by Crippen LogP contribution is -2.15. The van der Waals surface area contributed by atoms with Crippen LogP contribution < -0.4 is 5.32 Å². The van der Waals surface area contributed by atoms with Crippen LogP contribution in [0.3, 0.4) is 0 Å². The summed E-state index contributed by atoms with van der Waals surface area (Å²) in [4.78, 5) is 12.0. The van der Waals surface area contributed by atoms with Gasteiger partial charge in [0.15, 0.2) is 0 Å². The summed E-state index contributed by atoms with van der Waals surface area (Å²) in [6, 6.07) is 8.66. The summed E-state index contributed by atoms with van der Waals surface area (Å²) in [6.07, 6.45) is 1.39. The van der Waals surface area contributed by atoms with Gasteiger partial charge in [0.1, 0.15) is 17.5 Å². The molecule has 1 aromatic heterocycles. The third-order valence-electron chi connectivity index (χ3n) is 2.41. The molecule has 2 aromatic rings. The van der Waals surface area contributed by atoms with Gasteiger partial charge in [-0.25, -0.2) is 0 Å². The Labute approximate surface area is 109 Å². The van der Waals surface area contributed by atoms with E-state index < -0.39 is 0 Å². The lowest BCUT2D eigenvalue weighted by atomic mass is 10.2. The molecule has 1 N–H and O–H groups in total. The van der Waals surface area contributed by atoms with Gasteiger partial charge >= 0.3 is 0 Å². The summed E-state index contributed by atoms with van der Waals surface area (Å²) < 4.78 is 1.42. The number of carbonyl (C=O) groups is 1. The van der Waals surface area contributed by atoms with Crippen LogP contribution in [0.25, 0.3) is 0 Å². The maximum Gasteiger partial charge on any atom is 0.258 e. The fraction of sp³-hybridized carbons (Fsp3) is 0.0833. The molecular formula is C12H9ClN4O. The predicted molar refractivity (Wildman–Crippen MR) is 67.3 cm³/mol. The smallest absolute Gasteiger partial charge is 0.258 e. The highest BCUT2D eigenvalue weighted by Crippen LogP contribution is 2.18. The third kappa shape index (κ3) is 2.19. The average molecular weight is 261 g/mol. The minimum absolute atomic E-state index is 0.304. The van der Waals surface area contributed by atoms with Gasteiger partial charge in [-0.15, -0.1) is 0 Å². The summed E-state index contributed by atoms with van der Waals surface area (Å²) in [5.41, 5.74) is 0.655. The van der Waals surface area contributed by atoms with Crippen molar-refractivity contribution >= 4 is 23.3 Å². The molecule has 0 bridgehead atoms. The molecule has 1 heterocycles. The Morgan fingerprint density at radius 1 is 1.50 bits per heavy atom. The van der Waals surface area contributed by atoms with E-state index in [9.17, 15) is 4.79 Å². The van der Waals surface area contributed by atoms with Crippen molar-refractivity contribution in [1.82, 2.24) is 9.78 Å². The van der Waals surface area contributed by atoms with E-state index in [1.54, 1.807) is 31.3 Å². The molecule has 0 aliphatic rings. The average Bonchev–Trinajstić information content (AvgIpc) is 2.71. The van der Waals surface area contributed by atoms with Crippen molar-refractivity contribution in [2.24, 2.45) is 7.05 Å². The molecule has 0 unspecified atom stereocenters. The van der Waals surface area contributed by atoms with E-state index in [1.807, 2.05) is 6.07 Å². The molecule has 0 saturated carbocycles. The topological polar surface area (TPSA) is 70.7 Å². The van der Waals surface area contributed by atoms with Crippen molar-refractivity contribution in [3.8, 4) is 6.07 Å². The number of aryl methyl sites for hydroxylation is 1. The molecule has 18 heavy (non-hydrogen) atoms. The molecular weight excluding hydrogens is 252 g/mol. The van der Waals surface area contributed by atoms with Crippen LogP contribution in [-0.4, -0.2) is 15.7 Å². The number of rotatable bonds is 2. The van der Waals surface area contributed by atoms with Crippen LogP contribution in [0.1, 0.15) is 15.9 Å². The van der Waals surface area contributed by atoms with E-state index in [2.05, 4.69) is 10.4 Å². The number of hydrogen-bond acceptors (Lipinski definition) is 3. The van der Waals surface area contributed by atoms with Crippen molar-refractivity contribution in [2.45, 2.75) is 0 Å². The molecule has 0 atom stereocenters. The third-order valence-corrected chi connectivity index (χ3v) is 2.74. The highest BCUT2D eigenvalue weighted by molar-refractivity contribution is 6.34. The standard InChI is InChI=1S/C12H9ClN4O/c1-17-11(8(6-14)7-15-17)16-12(18)9-4-2-3-5-10(9)13/h2-5,7H,1H3,(H,16,18). The number of hydrogen-bond donors (Lipinski definition) is 1. The number of nitrogens with zero attached hydrogens (tertiary/aromatic N) is 3. The zero-order valence-corrected chi connectivity index (χ0v) is 10.3. The number of anilines is 1. The van der Waals surface area contributed by atoms with Gasteiger partial charge in [-0.05, 0) is 12.1 Å². The van der Waals surface area contributed by atoms with Crippen LogP contribution in [0, 0.1) is 11.3 Å². The number of benzene rings is 1. The SMILES string of the molecule is Cn1ncc(C#N)c1NC(=O)c1ccccc1Cl. The second-order valence-electron chi connectivity index (χ2n) is 3.58. The first-order chi connectivity index (χ1) is 8.63. The number of halogens is 1. The zero-order valence-electron chi connectivity index (χ0n) is 9.51. The highest BCUT2D eigenvalue weighted by atomic mass is 35.5. The first-order valence-electron chi connectivity index (χ1n) is 5.11. The first kappa shape index (κ1) is 12.1. The van der Waals surface area contributed by atoms with Gasteiger partial charge in [0.25, 0.3) is 5.91 Å². The summed E-state index contributed by atoms with van der Waals surface area (Å²) in [5, 5.41) is 15.8. The minimum Gasteiger partial charge on any atom is -0.306 e. The van der Waals surface area contributed by atoms with Gasteiger partial charge in [-0.2, -0.15) is 10.4 Å². The largest absolute Gasteiger partial charge is 0.306 e. The number of nitriles is 1. The Morgan fingerprint density at radius 2 is 2.22 bits per heavy atom. The molecule has 0 fully saturated rings. The first-order valence-corrected chi connectivity index (χ1v) is 5.49. The van der Waals surface area contributed by atoms with Gasteiger partial charge < -0.3 is 5.32 Å². The van der Waals surface area contributed by atoms with Gasteiger partial charge in [-0.3, -0.25) is 9.48 Å². The molecule has 1 amide bonds. The number of aromatic nitrogens is 2. The lowest BCUT2D eigenvalue weighted by Gasteiger charge is -2.07. The van der Waals surface area contributed by atoms with Gasteiger partial charge in [0.05, 0.1) is 16.8 Å². The molecule has 1 aromatic carbocycles. The molecule has 0 radical (unpaired) electrons. The minimum atomic E-state index is -0.374. The summed E-state index contributed by atoms with van der Waals surface area (Å²) in [5.74, 6) is -0.0249. The van der Waals surface area contributed by atoms with Crippen LogP contribution in [0.15, 0.2) is 30.5 Å². The van der Waals surface area contributed by atoms with Crippen molar-refractivity contribution in [3.05, 3.63) is 46.6 Å². The maximum absolute atomic E-state index is 12.0. The van der Waals surface area contributed by atoms with Gasteiger partial charge in [-0.1, -0.05) is 23.7 Å². The number of carbonyl (C=O) groups excluding carboxylic acids is 1. The van der Waals surface area contributed by atoms with E-state index in [4.69, 9.17) is 16.9 Å². The van der Waals surface area contributed by atoms with Crippen molar-refractivity contribution in [2.75, 3.05) is 5.32 Å². The van der Waals surface area contributed by atoms with E-state index in [1.165, 1.54) is 10.9 Å². The predicted octanol–water partition coefficient (Wildman–Crippen LogP) is 2.20. The fourth-order valence-corrected chi connectivity index (χ4v) is 1.71. The molecule has 0 spiro atoms. The zero-order chi connectivity index (χ0) is 13.1. The highest BCUT2D eigenvalue weighted by Gasteiger charge is 2.14. The summed E-state index contributed by atoms with van der Waals surface area (Å²) >= 11 is 5.92. The molecule has 0 aliphatic carbocycles. The van der Waals surface area contributed by atoms with Crippen LogP contribution in [0.5, 0.6) is 0 Å². The molecule has 90 valence electrons. The van der Waals surface area contributed by atoms with Crippen molar-refractivity contribution < 1.29 is 4.79 Å². The van der Waals surface area contributed by atoms with Crippen molar-refractivity contribution in [3.63, 3.8) is 0 Å². The van der Waals surface area contributed by atoms with E-state index in [0.717, 1.165) is 0 Å². The second-order valence-corrected chi connectivity index (χ2v) is 3.98. The molecule has 5 nitrogen and oxygen atoms in total. The monoisotopic (exact) mass is 260 g/mol. The second kappa shape index (κ2) is 4.90.